The summed E-state index contributed by atoms with van der Waals surface area (Å²) in [4.78, 5) is 27.3. The third-order valence-corrected chi connectivity index (χ3v) is 6.43. The van der Waals surface area contributed by atoms with Crippen LogP contribution in [-0.2, 0) is 17.6 Å². The predicted molar refractivity (Wildman–Crippen MR) is 110 cm³/mol. The van der Waals surface area contributed by atoms with Crippen LogP contribution in [0.5, 0.6) is 0 Å². The molecule has 3 aliphatic rings. The molecular weight excluding hydrogens is 348 g/mol. The number of likely N-dealkylation sites (tertiary alicyclic amines) is 1. The third kappa shape index (κ3) is 3.27. The van der Waals surface area contributed by atoms with Crippen LogP contribution in [0.3, 0.4) is 0 Å². The molecule has 0 N–H and O–H groups in total. The molecule has 1 aromatic heterocycles. The lowest BCUT2D eigenvalue weighted by atomic mass is 9.96. The maximum Gasteiger partial charge on any atom is 0.227 e. The summed E-state index contributed by atoms with van der Waals surface area (Å²) in [5.74, 6) is 2.37. The van der Waals surface area contributed by atoms with Gasteiger partial charge in [-0.1, -0.05) is 30.3 Å². The summed E-state index contributed by atoms with van der Waals surface area (Å²) in [7, 11) is 0. The average Bonchev–Trinajstić information content (AvgIpc) is 3.45. The highest BCUT2D eigenvalue weighted by molar-refractivity contribution is 5.80. The first kappa shape index (κ1) is 17.7. The van der Waals surface area contributed by atoms with Gasteiger partial charge < -0.3 is 9.80 Å². The number of benzene rings is 1. The Labute approximate surface area is 166 Å². The Morgan fingerprint density at radius 3 is 2.57 bits per heavy atom. The number of nitrogens with zero attached hydrogens (tertiary/aromatic N) is 4. The summed E-state index contributed by atoms with van der Waals surface area (Å²) in [5, 5.41) is 0. The van der Waals surface area contributed by atoms with Crippen molar-refractivity contribution in [3.63, 3.8) is 0 Å². The van der Waals surface area contributed by atoms with E-state index in [0.29, 0.717) is 5.91 Å². The topological polar surface area (TPSA) is 49.3 Å². The van der Waals surface area contributed by atoms with E-state index < -0.39 is 0 Å². The molecule has 1 amide bonds. The van der Waals surface area contributed by atoms with Crippen molar-refractivity contribution >= 4 is 11.7 Å². The number of hydrogen-bond donors (Lipinski definition) is 0. The highest BCUT2D eigenvalue weighted by Gasteiger charge is 2.33. The average molecular weight is 377 g/mol. The van der Waals surface area contributed by atoms with Gasteiger partial charge in [0.1, 0.15) is 5.82 Å². The van der Waals surface area contributed by atoms with Crippen LogP contribution in [0.25, 0.3) is 11.4 Å². The van der Waals surface area contributed by atoms with Crippen LogP contribution in [-0.4, -0.2) is 47.0 Å². The van der Waals surface area contributed by atoms with E-state index in [4.69, 9.17) is 9.97 Å². The number of piperidine rings is 1. The van der Waals surface area contributed by atoms with Crippen LogP contribution >= 0.6 is 0 Å². The second-order valence-corrected chi connectivity index (χ2v) is 8.33. The fraction of sp³-hybridized carbons (Fsp3) is 0.522. The molecule has 1 aliphatic carbocycles. The minimum Gasteiger partial charge on any atom is -0.355 e. The smallest absolute Gasteiger partial charge is 0.227 e. The van der Waals surface area contributed by atoms with Crippen LogP contribution in [0.4, 0.5) is 5.82 Å². The van der Waals surface area contributed by atoms with Crippen molar-refractivity contribution in [2.45, 2.75) is 44.9 Å². The molecule has 5 rings (SSSR count). The number of amides is 1. The van der Waals surface area contributed by atoms with Gasteiger partial charge in [-0.05, 0) is 44.9 Å². The summed E-state index contributed by atoms with van der Waals surface area (Å²) in [6.45, 7) is 3.67. The first-order valence-electron chi connectivity index (χ1n) is 10.8. The Morgan fingerprint density at radius 2 is 1.75 bits per heavy atom. The second-order valence-electron chi connectivity index (χ2n) is 8.33. The summed E-state index contributed by atoms with van der Waals surface area (Å²) in [5.41, 5.74) is 3.59. The first-order valence-corrected chi connectivity index (χ1v) is 10.8. The lowest BCUT2D eigenvalue weighted by Crippen LogP contribution is -2.44. The van der Waals surface area contributed by atoms with Crippen molar-refractivity contribution in [1.29, 1.82) is 0 Å². The Balaban J connectivity index is 1.45. The first-order chi connectivity index (χ1) is 13.8. The number of carbonyl (C=O) groups excluding carboxylic acids is 1. The van der Waals surface area contributed by atoms with Crippen molar-refractivity contribution in [2.24, 2.45) is 5.92 Å². The Kier molecular flexibility index (Phi) is 4.75. The standard InChI is InChI=1S/C23H28N4O/c28-23(26-13-4-5-14-26)18-10-7-15-27(16-18)22-19-11-6-12-20(19)24-21(25-22)17-8-2-1-3-9-17/h1-3,8-9,18H,4-7,10-16H2/t18-/m0/s1. The maximum absolute atomic E-state index is 13.0. The van der Waals surface area contributed by atoms with E-state index in [9.17, 15) is 4.79 Å². The molecule has 3 heterocycles. The van der Waals surface area contributed by atoms with E-state index in [1.165, 1.54) is 11.3 Å². The molecule has 0 saturated carbocycles. The van der Waals surface area contributed by atoms with Gasteiger partial charge in [-0.25, -0.2) is 9.97 Å². The molecule has 2 aromatic rings. The molecule has 0 radical (unpaired) electrons. The Bertz CT molecular complexity index is 860. The van der Waals surface area contributed by atoms with Gasteiger partial charge in [-0.3, -0.25) is 4.79 Å². The Morgan fingerprint density at radius 1 is 0.929 bits per heavy atom. The SMILES string of the molecule is O=C([C@H]1CCCN(c2nc(-c3ccccc3)nc3c2CCC3)C1)N1CCCC1. The van der Waals surface area contributed by atoms with Crippen molar-refractivity contribution in [1.82, 2.24) is 14.9 Å². The van der Waals surface area contributed by atoms with Crippen LogP contribution in [0.1, 0.15) is 43.4 Å². The second kappa shape index (κ2) is 7.53. The highest BCUT2D eigenvalue weighted by Crippen LogP contribution is 2.34. The van der Waals surface area contributed by atoms with Crippen molar-refractivity contribution in [3.8, 4) is 11.4 Å². The molecule has 0 unspecified atom stereocenters. The molecule has 5 nitrogen and oxygen atoms in total. The van der Waals surface area contributed by atoms with Gasteiger partial charge in [0.15, 0.2) is 5.82 Å². The molecular formula is C23H28N4O. The van der Waals surface area contributed by atoms with Crippen LogP contribution in [0, 0.1) is 5.92 Å². The summed E-state index contributed by atoms with van der Waals surface area (Å²) in [6, 6.07) is 10.3. The van der Waals surface area contributed by atoms with Crippen LogP contribution < -0.4 is 4.90 Å². The van der Waals surface area contributed by atoms with Gasteiger partial charge >= 0.3 is 0 Å². The van der Waals surface area contributed by atoms with Gasteiger partial charge in [0.2, 0.25) is 5.91 Å². The Hall–Kier alpha value is -2.43. The van der Waals surface area contributed by atoms with Gasteiger partial charge in [0.05, 0.1) is 5.92 Å². The number of carbonyl (C=O) groups is 1. The molecule has 2 saturated heterocycles. The molecule has 0 spiro atoms. The third-order valence-electron chi connectivity index (χ3n) is 6.43. The van der Waals surface area contributed by atoms with Gasteiger partial charge in [0, 0.05) is 43.0 Å². The van der Waals surface area contributed by atoms with Crippen molar-refractivity contribution in [3.05, 3.63) is 41.6 Å². The number of hydrogen-bond acceptors (Lipinski definition) is 4. The van der Waals surface area contributed by atoms with Crippen LogP contribution in [0.2, 0.25) is 0 Å². The zero-order valence-electron chi connectivity index (χ0n) is 16.4. The van der Waals surface area contributed by atoms with E-state index >= 15 is 0 Å². The number of aryl methyl sites for hydroxylation is 1. The molecule has 2 fully saturated rings. The number of fused-ring (bicyclic) bond motifs is 1. The monoisotopic (exact) mass is 376 g/mol. The molecule has 1 aromatic carbocycles. The highest BCUT2D eigenvalue weighted by atomic mass is 16.2. The zero-order chi connectivity index (χ0) is 18.9. The van der Waals surface area contributed by atoms with Gasteiger partial charge in [-0.15, -0.1) is 0 Å². The van der Waals surface area contributed by atoms with E-state index in [2.05, 4.69) is 21.9 Å². The van der Waals surface area contributed by atoms with Crippen LogP contribution in [0.15, 0.2) is 30.3 Å². The lowest BCUT2D eigenvalue weighted by Gasteiger charge is -2.35. The van der Waals surface area contributed by atoms with Gasteiger partial charge in [-0.2, -0.15) is 0 Å². The largest absolute Gasteiger partial charge is 0.355 e. The minimum atomic E-state index is 0.110. The van der Waals surface area contributed by atoms with E-state index in [1.807, 2.05) is 18.2 Å². The maximum atomic E-state index is 13.0. The number of aromatic nitrogens is 2. The molecule has 0 bridgehead atoms. The molecule has 28 heavy (non-hydrogen) atoms. The summed E-state index contributed by atoms with van der Waals surface area (Å²) >= 11 is 0. The summed E-state index contributed by atoms with van der Waals surface area (Å²) < 4.78 is 0. The van der Waals surface area contributed by atoms with Crippen molar-refractivity contribution in [2.75, 3.05) is 31.1 Å². The number of rotatable bonds is 3. The minimum absolute atomic E-state index is 0.110. The fourth-order valence-electron chi connectivity index (χ4n) is 4.96. The van der Waals surface area contributed by atoms with E-state index in [1.54, 1.807) is 0 Å². The molecule has 5 heteroatoms. The van der Waals surface area contributed by atoms with E-state index in [0.717, 1.165) is 88.3 Å². The van der Waals surface area contributed by atoms with E-state index in [-0.39, 0.29) is 5.92 Å². The number of anilines is 1. The molecule has 146 valence electrons. The normalized spacial score (nSPS) is 21.8. The summed E-state index contributed by atoms with van der Waals surface area (Å²) in [6.07, 6.45) is 7.62. The predicted octanol–water partition coefficient (Wildman–Crippen LogP) is 3.47. The zero-order valence-corrected chi connectivity index (χ0v) is 16.4. The molecule has 2 aliphatic heterocycles. The van der Waals surface area contributed by atoms with Crippen molar-refractivity contribution < 1.29 is 4.79 Å². The lowest BCUT2D eigenvalue weighted by molar-refractivity contribution is -0.134. The van der Waals surface area contributed by atoms with Gasteiger partial charge in [0.25, 0.3) is 0 Å². The fourth-order valence-corrected chi connectivity index (χ4v) is 4.96. The molecule has 1 atom stereocenters. The quantitative estimate of drug-likeness (QED) is 0.823.